The molecule has 2 atom stereocenters. The van der Waals surface area contributed by atoms with Crippen molar-refractivity contribution in [3.05, 3.63) is 41.9 Å². The Balaban J connectivity index is 1.84. The summed E-state index contributed by atoms with van der Waals surface area (Å²) in [5.41, 5.74) is 4.15. The summed E-state index contributed by atoms with van der Waals surface area (Å²) in [6, 6.07) is 4.21. The zero-order valence-electron chi connectivity index (χ0n) is 13.3. The number of piperidine rings is 1. The molecule has 1 aliphatic heterocycles. The fourth-order valence-electron chi connectivity index (χ4n) is 3.50. The Bertz CT molecular complexity index is 850. The molecule has 0 amide bonds. The predicted octanol–water partition coefficient (Wildman–Crippen LogP) is 2.48. The van der Waals surface area contributed by atoms with Gasteiger partial charge in [-0.3, -0.25) is 4.68 Å². The van der Waals surface area contributed by atoms with Crippen molar-refractivity contribution < 1.29 is 4.39 Å². The lowest BCUT2D eigenvalue weighted by Crippen LogP contribution is -2.36. The molecule has 1 aliphatic rings. The number of aryl methyl sites for hydroxylation is 2. The Morgan fingerprint density at radius 2 is 2.13 bits per heavy atom. The van der Waals surface area contributed by atoms with Crippen molar-refractivity contribution in [2.24, 2.45) is 7.05 Å². The average molecular weight is 313 g/mol. The van der Waals surface area contributed by atoms with E-state index in [1.165, 1.54) is 0 Å². The van der Waals surface area contributed by atoms with Gasteiger partial charge in [0.05, 0.1) is 24.1 Å². The van der Waals surface area contributed by atoms with E-state index in [1.807, 2.05) is 24.1 Å². The van der Waals surface area contributed by atoms with Crippen LogP contribution >= 0.6 is 0 Å². The number of fused-ring (bicyclic) bond motifs is 1. The second-order valence-corrected chi connectivity index (χ2v) is 6.31. The minimum Gasteiger partial charge on any atom is -0.314 e. The highest BCUT2D eigenvalue weighted by Gasteiger charge is 2.27. The summed E-state index contributed by atoms with van der Waals surface area (Å²) >= 11 is 0. The summed E-state index contributed by atoms with van der Waals surface area (Å²) in [7, 11) is 1.88. The number of benzene rings is 1. The highest BCUT2D eigenvalue weighted by atomic mass is 19.1. The summed E-state index contributed by atoms with van der Waals surface area (Å²) in [5.74, 6) is -0.0436. The summed E-state index contributed by atoms with van der Waals surface area (Å²) in [4.78, 5) is 0. The van der Waals surface area contributed by atoms with Crippen LogP contribution in [0.1, 0.15) is 23.5 Å². The van der Waals surface area contributed by atoms with Crippen LogP contribution in [0.3, 0.4) is 0 Å². The third-order valence-corrected chi connectivity index (χ3v) is 4.70. The van der Waals surface area contributed by atoms with Crippen molar-refractivity contribution in [2.75, 3.05) is 13.1 Å². The van der Waals surface area contributed by atoms with E-state index in [2.05, 4.69) is 34.6 Å². The maximum absolute atomic E-state index is 14.4. The van der Waals surface area contributed by atoms with E-state index < -0.39 is 6.17 Å². The Morgan fingerprint density at radius 1 is 1.26 bits per heavy atom. The molecule has 6 heteroatoms. The van der Waals surface area contributed by atoms with Gasteiger partial charge in [0, 0.05) is 24.9 Å². The lowest BCUT2D eigenvalue weighted by molar-refractivity contribution is 0.231. The van der Waals surface area contributed by atoms with E-state index in [-0.39, 0.29) is 5.92 Å². The topological polar surface area (TPSA) is 47.7 Å². The highest BCUT2D eigenvalue weighted by molar-refractivity contribution is 5.82. The molecule has 1 saturated heterocycles. The Hall–Kier alpha value is -2.21. The van der Waals surface area contributed by atoms with Crippen LogP contribution in [0.4, 0.5) is 4.39 Å². The minimum atomic E-state index is -0.838. The molecule has 2 aromatic heterocycles. The molecular formula is C17H20FN5. The smallest absolute Gasteiger partial charge is 0.119 e. The number of nitrogens with zero attached hydrogens (tertiary/aromatic N) is 4. The molecule has 3 aromatic rings. The molecular weight excluding hydrogens is 293 g/mol. The zero-order valence-corrected chi connectivity index (χ0v) is 13.3. The Kier molecular flexibility index (Phi) is 3.41. The van der Waals surface area contributed by atoms with E-state index in [0.717, 1.165) is 40.7 Å². The van der Waals surface area contributed by atoms with Gasteiger partial charge in [0.15, 0.2) is 0 Å². The van der Waals surface area contributed by atoms with E-state index >= 15 is 0 Å². The molecule has 3 heterocycles. The van der Waals surface area contributed by atoms with Crippen LogP contribution in [0, 0.1) is 6.92 Å². The number of hydrogen-bond donors (Lipinski definition) is 1. The molecule has 0 saturated carbocycles. The maximum atomic E-state index is 14.4. The predicted molar refractivity (Wildman–Crippen MR) is 87.7 cm³/mol. The molecule has 0 aliphatic carbocycles. The third kappa shape index (κ3) is 2.43. The summed E-state index contributed by atoms with van der Waals surface area (Å²) in [6.45, 7) is 3.36. The van der Waals surface area contributed by atoms with Gasteiger partial charge in [0.25, 0.3) is 0 Å². The van der Waals surface area contributed by atoms with Crippen molar-refractivity contribution >= 4 is 10.9 Å². The van der Waals surface area contributed by atoms with Gasteiger partial charge in [-0.1, -0.05) is 0 Å². The first-order chi connectivity index (χ1) is 11.1. The molecule has 120 valence electrons. The Morgan fingerprint density at radius 3 is 2.87 bits per heavy atom. The molecule has 1 N–H and O–H groups in total. The highest BCUT2D eigenvalue weighted by Crippen LogP contribution is 2.33. The normalized spacial score (nSPS) is 21.9. The van der Waals surface area contributed by atoms with Crippen LogP contribution in [0.2, 0.25) is 0 Å². The van der Waals surface area contributed by atoms with Crippen LogP contribution in [0.5, 0.6) is 0 Å². The monoisotopic (exact) mass is 313 g/mol. The first-order valence-corrected chi connectivity index (χ1v) is 7.95. The van der Waals surface area contributed by atoms with E-state index in [4.69, 9.17) is 0 Å². The molecule has 23 heavy (non-hydrogen) atoms. The zero-order chi connectivity index (χ0) is 16.0. The lowest BCUT2D eigenvalue weighted by atomic mass is 9.85. The van der Waals surface area contributed by atoms with Gasteiger partial charge in [-0.15, -0.1) is 0 Å². The van der Waals surface area contributed by atoms with Crippen LogP contribution < -0.4 is 5.32 Å². The average Bonchev–Trinajstić information content (AvgIpc) is 3.13. The fourth-order valence-corrected chi connectivity index (χ4v) is 3.50. The van der Waals surface area contributed by atoms with Crippen LogP contribution in [-0.2, 0) is 7.05 Å². The molecule has 4 rings (SSSR count). The van der Waals surface area contributed by atoms with Crippen molar-refractivity contribution in [1.29, 1.82) is 0 Å². The van der Waals surface area contributed by atoms with Gasteiger partial charge in [-0.25, -0.2) is 9.07 Å². The molecule has 0 radical (unpaired) electrons. The summed E-state index contributed by atoms with van der Waals surface area (Å²) in [5, 5.41) is 12.9. The van der Waals surface area contributed by atoms with E-state index in [9.17, 15) is 4.39 Å². The standard InChI is InChI=1S/C17H20FN5/c1-11-5-12-7-21-23(13-8-20-22(2)10-13)17(12)6-15(11)14-3-4-19-9-16(14)18/h5-8,10,14,16,19H,3-4,9H2,1-2H3/t14-,16+/m1/s1. The molecule has 1 aromatic carbocycles. The van der Waals surface area contributed by atoms with Crippen molar-refractivity contribution in [2.45, 2.75) is 25.4 Å². The largest absolute Gasteiger partial charge is 0.314 e. The van der Waals surface area contributed by atoms with Crippen molar-refractivity contribution in [3.8, 4) is 5.69 Å². The van der Waals surface area contributed by atoms with E-state index in [0.29, 0.717) is 6.54 Å². The first-order valence-electron chi connectivity index (χ1n) is 7.95. The second-order valence-electron chi connectivity index (χ2n) is 6.31. The van der Waals surface area contributed by atoms with Crippen molar-refractivity contribution in [1.82, 2.24) is 24.9 Å². The number of alkyl halides is 1. The minimum absolute atomic E-state index is 0.0436. The van der Waals surface area contributed by atoms with Gasteiger partial charge < -0.3 is 5.32 Å². The maximum Gasteiger partial charge on any atom is 0.119 e. The number of hydrogen-bond acceptors (Lipinski definition) is 3. The SMILES string of the molecule is Cc1cc2cnn(-c3cnn(C)c3)c2cc1[C@H]1CCNC[C@@H]1F. The van der Waals surface area contributed by atoms with Gasteiger partial charge in [-0.05, 0) is 43.1 Å². The first kappa shape index (κ1) is 14.4. The lowest BCUT2D eigenvalue weighted by Gasteiger charge is -2.28. The molecule has 1 fully saturated rings. The number of nitrogens with one attached hydrogen (secondary N) is 1. The number of aromatic nitrogens is 4. The van der Waals surface area contributed by atoms with Crippen LogP contribution in [0.15, 0.2) is 30.7 Å². The van der Waals surface area contributed by atoms with Gasteiger partial charge in [0.2, 0.25) is 0 Å². The second kappa shape index (κ2) is 5.45. The van der Waals surface area contributed by atoms with Gasteiger partial charge >= 0.3 is 0 Å². The quantitative estimate of drug-likeness (QED) is 0.791. The Labute approximate surface area is 134 Å². The molecule has 5 nitrogen and oxygen atoms in total. The van der Waals surface area contributed by atoms with Gasteiger partial charge in [-0.2, -0.15) is 10.2 Å². The van der Waals surface area contributed by atoms with Crippen molar-refractivity contribution in [3.63, 3.8) is 0 Å². The van der Waals surface area contributed by atoms with Crippen LogP contribution in [0.25, 0.3) is 16.6 Å². The van der Waals surface area contributed by atoms with E-state index in [1.54, 1.807) is 10.9 Å². The number of rotatable bonds is 2. The fraction of sp³-hybridized carbons (Fsp3) is 0.412. The third-order valence-electron chi connectivity index (χ3n) is 4.70. The summed E-state index contributed by atoms with van der Waals surface area (Å²) in [6.07, 6.45) is 5.56. The summed E-state index contributed by atoms with van der Waals surface area (Å²) < 4.78 is 18.0. The molecule has 0 unspecified atom stereocenters. The molecule has 0 spiro atoms. The number of halogens is 1. The van der Waals surface area contributed by atoms with Crippen LogP contribution in [-0.4, -0.2) is 38.8 Å². The van der Waals surface area contributed by atoms with Gasteiger partial charge in [0.1, 0.15) is 11.9 Å². The molecule has 0 bridgehead atoms.